The van der Waals surface area contributed by atoms with Crippen LogP contribution < -0.4 is 5.32 Å². The van der Waals surface area contributed by atoms with Crippen molar-refractivity contribution in [3.05, 3.63) is 0 Å². The van der Waals surface area contributed by atoms with E-state index in [1.807, 2.05) is 0 Å². The lowest BCUT2D eigenvalue weighted by Crippen LogP contribution is -2.45. The van der Waals surface area contributed by atoms with Crippen LogP contribution in [0.3, 0.4) is 0 Å². The molecular formula is C17H30N2O2. The minimum atomic E-state index is -0.218. The molecule has 1 aliphatic carbocycles. The van der Waals surface area contributed by atoms with Crippen LogP contribution in [0.4, 0.5) is 0 Å². The molecule has 3 unspecified atom stereocenters. The Morgan fingerprint density at radius 2 is 1.90 bits per heavy atom. The van der Waals surface area contributed by atoms with Gasteiger partial charge in [-0.05, 0) is 38.5 Å². The molecule has 2 bridgehead atoms. The number of ether oxygens (including phenoxy) is 1. The highest BCUT2D eigenvalue weighted by atomic mass is 16.5. The first kappa shape index (κ1) is 15.3. The number of nitrogens with zero attached hydrogens (tertiary/aromatic N) is 1. The van der Waals surface area contributed by atoms with Gasteiger partial charge in [0.2, 0.25) is 0 Å². The van der Waals surface area contributed by atoms with E-state index < -0.39 is 0 Å². The van der Waals surface area contributed by atoms with Crippen molar-refractivity contribution in [3.8, 4) is 0 Å². The monoisotopic (exact) mass is 294 g/mol. The first-order valence-electron chi connectivity index (χ1n) is 8.96. The fourth-order valence-electron chi connectivity index (χ4n) is 4.11. The number of rotatable bonds is 4. The zero-order valence-corrected chi connectivity index (χ0v) is 13.4. The molecule has 4 nitrogen and oxygen atoms in total. The highest BCUT2D eigenvalue weighted by molar-refractivity contribution is 5.81. The van der Waals surface area contributed by atoms with Crippen LogP contribution in [0, 0.1) is 0 Å². The van der Waals surface area contributed by atoms with Gasteiger partial charge in [0.25, 0.3) is 5.91 Å². The van der Waals surface area contributed by atoms with E-state index in [1.165, 1.54) is 32.1 Å². The quantitative estimate of drug-likeness (QED) is 0.866. The van der Waals surface area contributed by atoms with Gasteiger partial charge in [0, 0.05) is 25.2 Å². The van der Waals surface area contributed by atoms with Crippen LogP contribution in [0.5, 0.6) is 0 Å². The fraction of sp³-hybridized carbons (Fsp3) is 0.941. The lowest BCUT2D eigenvalue weighted by atomic mass is 9.97. The summed E-state index contributed by atoms with van der Waals surface area (Å²) in [6.07, 6.45) is 10.6. The molecule has 0 aromatic rings. The van der Waals surface area contributed by atoms with Gasteiger partial charge in [-0.2, -0.15) is 0 Å². The zero-order chi connectivity index (χ0) is 14.7. The van der Waals surface area contributed by atoms with Crippen LogP contribution in [0.1, 0.15) is 64.7 Å². The summed E-state index contributed by atoms with van der Waals surface area (Å²) in [5.74, 6) is 0.234. The summed E-state index contributed by atoms with van der Waals surface area (Å²) in [7, 11) is 0. The molecule has 0 aromatic heterocycles. The van der Waals surface area contributed by atoms with E-state index in [0.717, 1.165) is 38.8 Å². The topological polar surface area (TPSA) is 41.6 Å². The summed E-state index contributed by atoms with van der Waals surface area (Å²) < 4.78 is 6.16. The normalized spacial score (nSPS) is 32.0. The van der Waals surface area contributed by atoms with Crippen molar-refractivity contribution < 1.29 is 9.53 Å². The van der Waals surface area contributed by atoms with E-state index in [0.29, 0.717) is 18.2 Å². The molecule has 0 radical (unpaired) electrons. The van der Waals surface area contributed by atoms with Gasteiger partial charge in [0.15, 0.2) is 0 Å². The third-order valence-electron chi connectivity index (χ3n) is 5.39. The molecule has 1 N–H and O–H groups in total. The van der Waals surface area contributed by atoms with Crippen molar-refractivity contribution in [2.75, 3.05) is 13.1 Å². The second kappa shape index (κ2) is 7.10. The molecular weight excluding hydrogens is 264 g/mol. The fourth-order valence-corrected chi connectivity index (χ4v) is 4.11. The molecule has 3 fully saturated rings. The van der Waals surface area contributed by atoms with E-state index in [1.54, 1.807) is 0 Å². The van der Waals surface area contributed by atoms with Gasteiger partial charge in [-0.3, -0.25) is 4.79 Å². The van der Waals surface area contributed by atoms with Crippen molar-refractivity contribution in [1.82, 2.24) is 10.2 Å². The van der Waals surface area contributed by atoms with E-state index in [2.05, 4.69) is 17.1 Å². The second-order valence-electron chi connectivity index (χ2n) is 7.00. The van der Waals surface area contributed by atoms with E-state index in [9.17, 15) is 4.79 Å². The molecule has 1 saturated carbocycles. The number of amides is 1. The summed E-state index contributed by atoms with van der Waals surface area (Å²) in [5.41, 5.74) is 0. The number of hydrogen-bond acceptors (Lipinski definition) is 3. The Hall–Kier alpha value is -0.610. The van der Waals surface area contributed by atoms with Crippen LogP contribution in [-0.4, -0.2) is 48.2 Å². The van der Waals surface area contributed by atoms with E-state index in [-0.39, 0.29) is 12.0 Å². The third kappa shape index (κ3) is 3.78. The largest absolute Gasteiger partial charge is 0.365 e. The summed E-state index contributed by atoms with van der Waals surface area (Å²) in [6.45, 7) is 3.85. The average Bonchev–Trinajstić information content (AvgIpc) is 2.84. The molecule has 0 aromatic carbocycles. The highest BCUT2D eigenvalue weighted by Gasteiger charge is 2.34. The maximum atomic E-state index is 12.8. The molecule has 4 heteroatoms. The maximum Gasteiger partial charge on any atom is 0.251 e. The Morgan fingerprint density at radius 3 is 2.67 bits per heavy atom. The summed E-state index contributed by atoms with van der Waals surface area (Å²) >= 11 is 0. The van der Waals surface area contributed by atoms with Gasteiger partial charge in [-0.25, -0.2) is 0 Å². The number of likely N-dealkylation sites (tertiary alicyclic amines) is 1. The lowest BCUT2D eigenvalue weighted by molar-refractivity contribution is -0.149. The number of hydrogen-bond donors (Lipinski definition) is 1. The second-order valence-corrected chi connectivity index (χ2v) is 7.00. The molecule has 2 aliphatic heterocycles. The molecule has 3 aliphatic rings. The number of nitrogens with one attached hydrogen (secondary N) is 1. The molecule has 1 amide bonds. The molecule has 3 atom stereocenters. The van der Waals surface area contributed by atoms with Crippen LogP contribution in [0.25, 0.3) is 0 Å². The van der Waals surface area contributed by atoms with Crippen molar-refractivity contribution in [1.29, 1.82) is 0 Å². The maximum absolute atomic E-state index is 12.8. The number of carbonyl (C=O) groups is 1. The van der Waals surface area contributed by atoms with Gasteiger partial charge in [-0.15, -0.1) is 0 Å². The first-order valence-corrected chi connectivity index (χ1v) is 8.96. The Balaban J connectivity index is 1.56. The summed E-state index contributed by atoms with van der Waals surface area (Å²) in [5, 5.41) is 3.64. The van der Waals surface area contributed by atoms with Gasteiger partial charge in [0.05, 0.1) is 6.10 Å². The Kier molecular flexibility index (Phi) is 5.17. The van der Waals surface area contributed by atoms with Crippen LogP contribution >= 0.6 is 0 Å². The predicted molar refractivity (Wildman–Crippen MR) is 83.2 cm³/mol. The SMILES string of the molecule is CCC(OC1CCCCC1)C(=O)N1CCC2CCC(C1)N2. The average molecular weight is 294 g/mol. The van der Waals surface area contributed by atoms with Gasteiger partial charge < -0.3 is 15.0 Å². The minimum absolute atomic E-state index is 0.218. The molecule has 21 heavy (non-hydrogen) atoms. The van der Waals surface area contributed by atoms with Gasteiger partial charge >= 0.3 is 0 Å². The van der Waals surface area contributed by atoms with E-state index >= 15 is 0 Å². The van der Waals surface area contributed by atoms with Crippen LogP contribution in [0.15, 0.2) is 0 Å². The number of fused-ring (bicyclic) bond motifs is 2. The Bertz CT molecular complexity index is 355. The van der Waals surface area contributed by atoms with Crippen molar-refractivity contribution in [3.63, 3.8) is 0 Å². The van der Waals surface area contributed by atoms with E-state index in [4.69, 9.17) is 4.74 Å². The van der Waals surface area contributed by atoms with Gasteiger partial charge in [-0.1, -0.05) is 26.2 Å². The Labute approximate surface area is 128 Å². The molecule has 120 valence electrons. The van der Waals surface area contributed by atoms with Gasteiger partial charge in [0.1, 0.15) is 6.10 Å². The number of carbonyl (C=O) groups excluding carboxylic acids is 1. The van der Waals surface area contributed by atoms with Crippen LogP contribution in [-0.2, 0) is 9.53 Å². The van der Waals surface area contributed by atoms with Crippen molar-refractivity contribution >= 4 is 5.91 Å². The third-order valence-corrected chi connectivity index (χ3v) is 5.39. The smallest absolute Gasteiger partial charge is 0.251 e. The summed E-state index contributed by atoms with van der Waals surface area (Å²) in [4.78, 5) is 14.9. The lowest BCUT2D eigenvalue weighted by Gasteiger charge is -2.31. The zero-order valence-electron chi connectivity index (χ0n) is 13.4. The molecule has 2 heterocycles. The molecule has 2 saturated heterocycles. The Morgan fingerprint density at radius 1 is 1.14 bits per heavy atom. The molecule has 3 rings (SSSR count). The van der Waals surface area contributed by atoms with Crippen LogP contribution in [0.2, 0.25) is 0 Å². The standard InChI is InChI=1S/C17H30N2O2/c1-2-16(21-15-6-4-3-5-7-15)17(20)19-11-10-13-8-9-14(12-19)18-13/h13-16,18H,2-12H2,1H3. The van der Waals surface area contributed by atoms with Crippen molar-refractivity contribution in [2.45, 2.75) is 89.0 Å². The first-order chi connectivity index (χ1) is 10.3. The molecule has 0 spiro atoms. The van der Waals surface area contributed by atoms with Crippen molar-refractivity contribution in [2.24, 2.45) is 0 Å². The summed E-state index contributed by atoms with van der Waals surface area (Å²) in [6, 6.07) is 1.14. The predicted octanol–water partition coefficient (Wildman–Crippen LogP) is 2.47. The minimum Gasteiger partial charge on any atom is -0.365 e. The highest BCUT2D eigenvalue weighted by Crippen LogP contribution is 2.24.